The van der Waals surface area contributed by atoms with Gasteiger partial charge in [0.05, 0.1) is 9.95 Å². The summed E-state index contributed by atoms with van der Waals surface area (Å²) in [5.41, 5.74) is 0.850. The minimum Gasteiger partial charge on any atom is -0.258 e. The van der Waals surface area contributed by atoms with Crippen molar-refractivity contribution < 1.29 is 4.92 Å². The summed E-state index contributed by atoms with van der Waals surface area (Å²) in [5, 5.41) is 18.6. The molecule has 2 rings (SSSR count). The minimum atomic E-state index is -0.485. The highest BCUT2D eigenvalue weighted by atomic mass is 35.5. The van der Waals surface area contributed by atoms with Gasteiger partial charge in [0, 0.05) is 17.7 Å². The zero-order chi connectivity index (χ0) is 12.4. The van der Waals surface area contributed by atoms with Gasteiger partial charge in [-0.05, 0) is 6.07 Å². The monoisotopic (exact) mass is 269 g/mol. The molecular weight excluding hydrogens is 265 g/mol. The van der Waals surface area contributed by atoms with E-state index in [1.54, 1.807) is 12.1 Å². The van der Waals surface area contributed by atoms with Gasteiger partial charge in [0.1, 0.15) is 5.69 Å². The van der Waals surface area contributed by atoms with Crippen LogP contribution in [0.25, 0.3) is 11.3 Å². The standard InChI is InChI=1S/C10H5Cl2N3O2/c11-8-5-9(12)13-14-10(8)6-2-1-3-7(4-6)15(16)17/h1-5H. The average molecular weight is 270 g/mol. The smallest absolute Gasteiger partial charge is 0.258 e. The summed E-state index contributed by atoms with van der Waals surface area (Å²) in [4.78, 5) is 10.2. The van der Waals surface area contributed by atoms with E-state index in [1.165, 1.54) is 18.2 Å². The maximum Gasteiger partial charge on any atom is 0.270 e. The number of nitrogens with zero attached hydrogens (tertiary/aromatic N) is 3. The van der Waals surface area contributed by atoms with Crippen LogP contribution in [-0.2, 0) is 0 Å². The zero-order valence-electron chi connectivity index (χ0n) is 8.30. The van der Waals surface area contributed by atoms with Crippen LogP contribution in [0.3, 0.4) is 0 Å². The Morgan fingerprint density at radius 2 is 1.94 bits per heavy atom. The molecule has 5 nitrogen and oxygen atoms in total. The topological polar surface area (TPSA) is 68.9 Å². The Labute approximate surface area is 106 Å². The number of rotatable bonds is 2. The van der Waals surface area contributed by atoms with Gasteiger partial charge in [-0.2, -0.15) is 0 Å². The van der Waals surface area contributed by atoms with Crippen LogP contribution in [0.15, 0.2) is 30.3 Å². The third-order valence-electron chi connectivity index (χ3n) is 2.05. The molecule has 0 fully saturated rings. The van der Waals surface area contributed by atoms with E-state index < -0.39 is 4.92 Å². The molecule has 0 unspecified atom stereocenters. The van der Waals surface area contributed by atoms with E-state index in [1.807, 2.05) is 0 Å². The molecule has 0 amide bonds. The number of non-ortho nitro benzene ring substituents is 1. The molecule has 0 radical (unpaired) electrons. The molecule has 2 aromatic rings. The van der Waals surface area contributed by atoms with Gasteiger partial charge >= 0.3 is 0 Å². The summed E-state index contributed by atoms with van der Waals surface area (Å²) in [6.45, 7) is 0. The SMILES string of the molecule is O=[N+]([O-])c1cccc(-c2nnc(Cl)cc2Cl)c1. The number of hydrogen-bond donors (Lipinski definition) is 0. The van der Waals surface area contributed by atoms with Crippen LogP contribution < -0.4 is 0 Å². The highest BCUT2D eigenvalue weighted by Gasteiger charge is 2.11. The van der Waals surface area contributed by atoms with Crippen LogP contribution >= 0.6 is 23.2 Å². The Balaban J connectivity index is 2.53. The molecule has 0 aliphatic heterocycles. The van der Waals surface area contributed by atoms with Crippen LogP contribution in [0, 0.1) is 10.1 Å². The lowest BCUT2D eigenvalue weighted by molar-refractivity contribution is -0.384. The fourth-order valence-electron chi connectivity index (χ4n) is 1.31. The number of aromatic nitrogens is 2. The Morgan fingerprint density at radius 3 is 2.59 bits per heavy atom. The third-order valence-corrected chi connectivity index (χ3v) is 2.52. The van der Waals surface area contributed by atoms with Crippen LogP contribution in [0.4, 0.5) is 5.69 Å². The first-order valence-corrected chi connectivity index (χ1v) is 5.27. The van der Waals surface area contributed by atoms with E-state index in [4.69, 9.17) is 23.2 Å². The summed E-state index contributed by atoms with van der Waals surface area (Å²) >= 11 is 11.6. The van der Waals surface area contributed by atoms with Crippen LogP contribution in [-0.4, -0.2) is 15.1 Å². The molecule has 86 valence electrons. The highest BCUT2D eigenvalue weighted by Crippen LogP contribution is 2.28. The molecule has 0 saturated carbocycles. The van der Waals surface area contributed by atoms with Crippen LogP contribution in [0.5, 0.6) is 0 Å². The molecule has 0 aliphatic carbocycles. The molecule has 1 heterocycles. The average Bonchev–Trinajstić information content (AvgIpc) is 2.29. The molecule has 17 heavy (non-hydrogen) atoms. The molecule has 0 N–H and O–H groups in total. The molecule has 0 spiro atoms. The zero-order valence-corrected chi connectivity index (χ0v) is 9.81. The van der Waals surface area contributed by atoms with Crippen LogP contribution in [0.2, 0.25) is 10.2 Å². The second-order valence-corrected chi connectivity index (χ2v) is 3.97. The molecular formula is C10H5Cl2N3O2. The summed E-state index contributed by atoms with van der Waals surface area (Å²) in [5.74, 6) is 0. The van der Waals surface area contributed by atoms with Crippen molar-refractivity contribution in [3.63, 3.8) is 0 Å². The van der Waals surface area contributed by atoms with E-state index in [-0.39, 0.29) is 10.8 Å². The molecule has 1 aromatic carbocycles. The largest absolute Gasteiger partial charge is 0.270 e. The highest BCUT2D eigenvalue weighted by molar-refractivity contribution is 6.35. The fraction of sp³-hybridized carbons (Fsp3) is 0. The van der Waals surface area contributed by atoms with Crippen molar-refractivity contribution in [1.29, 1.82) is 0 Å². The maximum absolute atomic E-state index is 10.6. The van der Waals surface area contributed by atoms with Crippen molar-refractivity contribution in [2.45, 2.75) is 0 Å². The lowest BCUT2D eigenvalue weighted by Gasteiger charge is -2.02. The number of halogens is 2. The number of benzene rings is 1. The molecule has 0 bridgehead atoms. The second-order valence-electron chi connectivity index (χ2n) is 3.17. The number of hydrogen-bond acceptors (Lipinski definition) is 4. The molecule has 0 aliphatic rings. The maximum atomic E-state index is 10.6. The normalized spacial score (nSPS) is 10.2. The van der Waals surface area contributed by atoms with E-state index in [9.17, 15) is 10.1 Å². The van der Waals surface area contributed by atoms with Gasteiger partial charge < -0.3 is 0 Å². The summed E-state index contributed by atoms with van der Waals surface area (Å²) in [6.07, 6.45) is 0. The second kappa shape index (κ2) is 4.65. The van der Waals surface area contributed by atoms with E-state index in [0.29, 0.717) is 16.3 Å². The van der Waals surface area contributed by atoms with Crippen molar-refractivity contribution in [1.82, 2.24) is 10.2 Å². The van der Waals surface area contributed by atoms with Crippen LogP contribution in [0.1, 0.15) is 0 Å². The quantitative estimate of drug-likeness (QED) is 0.619. The van der Waals surface area contributed by atoms with Gasteiger partial charge in [0.25, 0.3) is 5.69 Å². The predicted molar refractivity (Wildman–Crippen MR) is 64.1 cm³/mol. The van der Waals surface area contributed by atoms with Gasteiger partial charge in [-0.1, -0.05) is 35.3 Å². The van der Waals surface area contributed by atoms with Crippen molar-refractivity contribution in [3.8, 4) is 11.3 Å². The Kier molecular flexibility index (Phi) is 3.21. The Bertz CT molecular complexity index is 590. The number of nitro benzene ring substituents is 1. The first-order valence-electron chi connectivity index (χ1n) is 4.51. The van der Waals surface area contributed by atoms with Crippen molar-refractivity contribution in [2.24, 2.45) is 0 Å². The molecule has 0 atom stereocenters. The Hall–Kier alpha value is -1.72. The Morgan fingerprint density at radius 1 is 1.18 bits per heavy atom. The fourth-order valence-corrected chi connectivity index (χ4v) is 1.76. The summed E-state index contributed by atoms with van der Waals surface area (Å²) in [6, 6.07) is 7.42. The summed E-state index contributed by atoms with van der Waals surface area (Å²) < 4.78 is 0. The van der Waals surface area contributed by atoms with E-state index in [2.05, 4.69) is 10.2 Å². The van der Waals surface area contributed by atoms with Gasteiger partial charge in [0.15, 0.2) is 5.15 Å². The van der Waals surface area contributed by atoms with Gasteiger partial charge in [-0.25, -0.2) is 0 Å². The van der Waals surface area contributed by atoms with Crippen molar-refractivity contribution >= 4 is 28.9 Å². The minimum absolute atomic E-state index is 0.0321. The lowest BCUT2D eigenvalue weighted by atomic mass is 10.1. The number of nitro groups is 1. The molecule has 7 heteroatoms. The molecule has 1 aromatic heterocycles. The van der Waals surface area contributed by atoms with Gasteiger partial charge in [-0.3, -0.25) is 10.1 Å². The third kappa shape index (κ3) is 2.51. The first kappa shape index (κ1) is 11.8. The molecule has 0 saturated heterocycles. The van der Waals surface area contributed by atoms with E-state index >= 15 is 0 Å². The first-order chi connectivity index (χ1) is 8.08. The van der Waals surface area contributed by atoms with Crippen molar-refractivity contribution in [2.75, 3.05) is 0 Å². The van der Waals surface area contributed by atoms with Gasteiger partial charge in [0.2, 0.25) is 0 Å². The van der Waals surface area contributed by atoms with E-state index in [0.717, 1.165) is 0 Å². The lowest BCUT2D eigenvalue weighted by Crippen LogP contribution is -1.92. The predicted octanol–water partition coefficient (Wildman–Crippen LogP) is 3.36. The summed E-state index contributed by atoms with van der Waals surface area (Å²) in [7, 11) is 0. The van der Waals surface area contributed by atoms with Crippen molar-refractivity contribution in [3.05, 3.63) is 50.6 Å². The van der Waals surface area contributed by atoms with Gasteiger partial charge in [-0.15, -0.1) is 10.2 Å².